The molecule has 1 rings (SSSR count). The predicted octanol–water partition coefficient (Wildman–Crippen LogP) is 0.489. The van der Waals surface area contributed by atoms with Gasteiger partial charge in [0.2, 0.25) is 5.91 Å². The Morgan fingerprint density at radius 3 is 2.15 bits per heavy atom. The maximum Gasteiger partial charge on any atom is 0.236 e. The molecule has 0 aromatic carbocycles. The summed E-state index contributed by atoms with van der Waals surface area (Å²) in [5, 5.41) is 26.3. The molecule has 1 amide bonds. The lowest BCUT2D eigenvalue weighted by Crippen LogP contribution is -2.48. The number of nitriles is 2. The summed E-state index contributed by atoms with van der Waals surface area (Å²) in [5.74, 6) is -0.0594. The van der Waals surface area contributed by atoms with Crippen LogP contribution in [0.2, 0.25) is 0 Å². The fraction of sp³-hybridized carbons (Fsp3) is 0.786. The highest BCUT2D eigenvalue weighted by molar-refractivity contribution is 5.78. The van der Waals surface area contributed by atoms with Crippen molar-refractivity contribution in [3.63, 3.8) is 0 Å². The Morgan fingerprint density at radius 1 is 1.15 bits per heavy atom. The first-order chi connectivity index (χ1) is 9.72. The molecule has 0 aromatic heterocycles. The molecule has 1 aliphatic rings. The minimum Gasteiger partial charge on any atom is -0.395 e. The van der Waals surface area contributed by atoms with Gasteiger partial charge in [-0.05, 0) is 12.8 Å². The Labute approximate surface area is 120 Å². The van der Waals surface area contributed by atoms with Crippen LogP contribution in [-0.2, 0) is 4.79 Å². The predicted molar refractivity (Wildman–Crippen MR) is 73.3 cm³/mol. The molecule has 0 heterocycles. The van der Waals surface area contributed by atoms with Crippen LogP contribution in [0.1, 0.15) is 32.1 Å². The van der Waals surface area contributed by atoms with E-state index >= 15 is 0 Å². The number of carbonyl (C=O) groups is 1. The van der Waals surface area contributed by atoms with E-state index in [-0.39, 0.29) is 31.9 Å². The molecule has 0 spiro atoms. The molecule has 6 nitrogen and oxygen atoms in total. The van der Waals surface area contributed by atoms with Crippen LogP contribution < -0.4 is 0 Å². The van der Waals surface area contributed by atoms with Crippen LogP contribution in [0.5, 0.6) is 0 Å². The summed E-state index contributed by atoms with van der Waals surface area (Å²) in [7, 11) is 0. The molecular formula is C14H22N4O2. The maximum absolute atomic E-state index is 12.3. The van der Waals surface area contributed by atoms with E-state index in [0.717, 1.165) is 12.8 Å². The van der Waals surface area contributed by atoms with Gasteiger partial charge < -0.3 is 10.0 Å². The van der Waals surface area contributed by atoms with Crippen molar-refractivity contribution in [2.75, 3.05) is 32.8 Å². The van der Waals surface area contributed by atoms with Gasteiger partial charge in [-0.25, -0.2) is 0 Å². The first-order valence-corrected chi connectivity index (χ1v) is 7.09. The molecule has 0 radical (unpaired) electrons. The van der Waals surface area contributed by atoms with E-state index in [1.54, 1.807) is 4.90 Å². The molecule has 6 heteroatoms. The molecule has 0 saturated heterocycles. The quantitative estimate of drug-likeness (QED) is 0.662. The minimum absolute atomic E-state index is 0.0418. The number of amides is 1. The van der Waals surface area contributed by atoms with E-state index in [1.807, 2.05) is 17.0 Å². The van der Waals surface area contributed by atoms with Crippen LogP contribution in [0.4, 0.5) is 0 Å². The molecule has 20 heavy (non-hydrogen) atoms. The fourth-order valence-electron chi connectivity index (χ4n) is 2.28. The summed E-state index contributed by atoms with van der Waals surface area (Å²) in [6, 6.07) is 4.43. The van der Waals surface area contributed by atoms with Crippen molar-refractivity contribution >= 4 is 5.91 Å². The van der Waals surface area contributed by atoms with Crippen molar-refractivity contribution in [2.45, 2.75) is 38.1 Å². The molecule has 0 bridgehead atoms. The average molecular weight is 278 g/mol. The Morgan fingerprint density at radius 2 is 1.75 bits per heavy atom. The third-order valence-corrected chi connectivity index (χ3v) is 3.66. The van der Waals surface area contributed by atoms with E-state index in [1.165, 1.54) is 6.42 Å². The Balaban J connectivity index is 2.52. The molecular weight excluding hydrogens is 256 g/mol. The molecule has 1 aliphatic carbocycles. The summed E-state index contributed by atoms with van der Waals surface area (Å²) in [6.45, 7) is 1.55. The van der Waals surface area contributed by atoms with Crippen molar-refractivity contribution in [1.29, 1.82) is 10.5 Å². The zero-order chi connectivity index (χ0) is 14.8. The van der Waals surface area contributed by atoms with Crippen molar-refractivity contribution in [3.8, 4) is 12.1 Å². The van der Waals surface area contributed by atoms with Gasteiger partial charge in [0.25, 0.3) is 0 Å². The van der Waals surface area contributed by atoms with E-state index in [2.05, 4.69) is 0 Å². The number of nitrogens with zero attached hydrogens (tertiary/aromatic N) is 4. The zero-order valence-electron chi connectivity index (χ0n) is 11.8. The topological polar surface area (TPSA) is 91.4 Å². The number of carbonyl (C=O) groups excluding carboxylic acids is 1. The largest absolute Gasteiger partial charge is 0.395 e. The summed E-state index contributed by atoms with van der Waals surface area (Å²) in [5.41, 5.74) is 0. The highest BCUT2D eigenvalue weighted by Crippen LogP contribution is 2.24. The van der Waals surface area contributed by atoms with Crippen LogP contribution >= 0.6 is 0 Å². The van der Waals surface area contributed by atoms with Crippen molar-refractivity contribution in [1.82, 2.24) is 9.80 Å². The van der Waals surface area contributed by atoms with Crippen molar-refractivity contribution in [3.05, 3.63) is 0 Å². The summed E-state index contributed by atoms with van der Waals surface area (Å²) >= 11 is 0. The Bertz CT molecular complexity index is 364. The second kappa shape index (κ2) is 9.30. The second-order valence-electron chi connectivity index (χ2n) is 4.98. The third-order valence-electron chi connectivity index (χ3n) is 3.66. The molecule has 1 N–H and O–H groups in total. The van der Waals surface area contributed by atoms with Crippen molar-refractivity contribution < 1.29 is 9.90 Å². The van der Waals surface area contributed by atoms with Gasteiger partial charge in [0.1, 0.15) is 0 Å². The number of aliphatic hydroxyl groups excluding tert-OH is 1. The number of rotatable bonds is 9. The summed E-state index contributed by atoms with van der Waals surface area (Å²) in [6.07, 6.45) is 3.88. The molecule has 1 saturated carbocycles. The lowest BCUT2D eigenvalue weighted by atomic mass is 9.91. The fourth-order valence-corrected chi connectivity index (χ4v) is 2.28. The molecule has 110 valence electrons. The molecule has 0 aliphatic heterocycles. The van der Waals surface area contributed by atoms with Crippen LogP contribution in [-0.4, -0.2) is 59.6 Å². The Hall–Kier alpha value is -1.63. The van der Waals surface area contributed by atoms with Gasteiger partial charge in [-0.15, -0.1) is 0 Å². The second-order valence-corrected chi connectivity index (χ2v) is 4.98. The zero-order valence-corrected chi connectivity index (χ0v) is 11.8. The van der Waals surface area contributed by atoms with Crippen molar-refractivity contribution in [2.24, 2.45) is 0 Å². The maximum atomic E-state index is 12.3. The van der Waals surface area contributed by atoms with Crippen LogP contribution in [0, 0.1) is 22.7 Å². The van der Waals surface area contributed by atoms with E-state index in [4.69, 9.17) is 15.6 Å². The van der Waals surface area contributed by atoms with Gasteiger partial charge in [-0.3, -0.25) is 9.69 Å². The molecule has 0 aromatic rings. The molecule has 0 atom stereocenters. The summed E-state index contributed by atoms with van der Waals surface area (Å²) < 4.78 is 0. The minimum atomic E-state index is -0.0594. The van der Waals surface area contributed by atoms with Gasteiger partial charge in [0, 0.05) is 25.7 Å². The lowest BCUT2D eigenvalue weighted by molar-refractivity contribution is -0.133. The van der Waals surface area contributed by atoms with Crippen LogP contribution in [0.25, 0.3) is 0 Å². The van der Waals surface area contributed by atoms with Gasteiger partial charge in [-0.2, -0.15) is 10.5 Å². The van der Waals surface area contributed by atoms with Gasteiger partial charge in [-0.1, -0.05) is 6.42 Å². The highest BCUT2D eigenvalue weighted by Gasteiger charge is 2.27. The highest BCUT2D eigenvalue weighted by atomic mass is 16.3. The number of aliphatic hydroxyl groups is 1. The van der Waals surface area contributed by atoms with Gasteiger partial charge in [0.05, 0.1) is 38.1 Å². The smallest absolute Gasteiger partial charge is 0.236 e. The first-order valence-electron chi connectivity index (χ1n) is 7.09. The molecule has 0 unspecified atom stereocenters. The monoisotopic (exact) mass is 278 g/mol. The summed E-state index contributed by atoms with van der Waals surface area (Å²) in [4.78, 5) is 15.9. The van der Waals surface area contributed by atoms with Crippen LogP contribution in [0.15, 0.2) is 0 Å². The van der Waals surface area contributed by atoms with E-state index in [0.29, 0.717) is 25.7 Å². The molecule has 1 fully saturated rings. The van der Waals surface area contributed by atoms with Gasteiger partial charge >= 0.3 is 0 Å². The average Bonchev–Trinajstić information content (AvgIpc) is 2.37. The standard InChI is InChI=1S/C14H22N4O2/c15-6-2-8-17(9-3-7-16)14(20)12-18(10-11-19)13-4-1-5-13/h13,19H,1-5,8-12H2. The normalized spacial score (nSPS) is 14.4. The lowest BCUT2D eigenvalue weighted by Gasteiger charge is -2.37. The third kappa shape index (κ3) is 5.16. The Kier molecular flexibility index (Phi) is 7.64. The number of hydrogen-bond acceptors (Lipinski definition) is 5. The van der Waals surface area contributed by atoms with E-state index in [9.17, 15) is 4.79 Å². The SMILES string of the molecule is N#CCCN(CCC#N)C(=O)CN(CCO)C1CCC1. The van der Waals surface area contributed by atoms with Crippen LogP contribution in [0.3, 0.4) is 0 Å². The first kappa shape index (κ1) is 16.4. The van der Waals surface area contributed by atoms with E-state index < -0.39 is 0 Å². The number of hydrogen-bond donors (Lipinski definition) is 1. The van der Waals surface area contributed by atoms with Gasteiger partial charge in [0.15, 0.2) is 0 Å².